The van der Waals surface area contributed by atoms with Crippen LogP contribution in [0, 0.1) is 38.2 Å². The molecule has 0 spiro atoms. The lowest BCUT2D eigenvalue weighted by Crippen LogP contribution is -1.90. The topological polar surface area (TPSA) is 0 Å². The Bertz CT molecular complexity index is 780. The highest BCUT2D eigenvalue weighted by molar-refractivity contribution is 6.48. The predicted octanol–water partition coefficient (Wildman–Crippen LogP) is 9.00. The molecule has 0 aliphatic rings. The second kappa shape index (κ2) is 12.7. The first-order valence-electron chi connectivity index (χ1n) is 7.85. The summed E-state index contributed by atoms with van der Waals surface area (Å²) in [4.78, 5) is 0. The monoisotopic (exact) mass is 448 g/mol. The van der Waals surface area contributed by atoms with Gasteiger partial charge in [-0.05, 0) is 56.2 Å². The van der Waals surface area contributed by atoms with Gasteiger partial charge in [0.2, 0.25) is 0 Å². The summed E-state index contributed by atoms with van der Waals surface area (Å²) >= 11 is 17.1. The quantitative estimate of drug-likeness (QED) is 0.300. The van der Waals surface area contributed by atoms with Gasteiger partial charge < -0.3 is 0 Å². The van der Waals surface area contributed by atoms with Gasteiger partial charge >= 0.3 is 0 Å². The van der Waals surface area contributed by atoms with Gasteiger partial charge in [-0.25, -0.2) is 13.2 Å². The lowest BCUT2D eigenvalue weighted by atomic mass is 10.2. The number of benzene rings is 3. The van der Waals surface area contributed by atoms with Crippen LogP contribution in [0.1, 0.15) is 24.1 Å². The molecule has 0 nitrogen and oxygen atoms in total. The summed E-state index contributed by atoms with van der Waals surface area (Å²) in [6, 6.07) is 15.7. The van der Waals surface area contributed by atoms with Gasteiger partial charge in [-0.15, -0.1) is 0 Å². The van der Waals surface area contributed by atoms with Crippen molar-refractivity contribution in [3.05, 3.63) is 104 Å². The molecule has 0 aliphatic carbocycles. The molecule has 0 radical (unpaired) electrons. The minimum atomic E-state index is -1.41. The molecule has 3 aromatic carbocycles. The van der Waals surface area contributed by atoms with Gasteiger partial charge in [-0.2, -0.15) is 0 Å². The Labute approximate surface area is 179 Å². The molecular weight excluding hydrogens is 428 g/mol. The maximum atomic E-state index is 12.2. The average Bonchev–Trinajstić information content (AvgIpc) is 2.59. The van der Waals surface area contributed by atoms with E-state index in [1.165, 1.54) is 12.5 Å². The molecule has 3 rings (SSSR count). The van der Waals surface area contributed by atoms with Crippen molar-refractivity contribution in [1.82, 2.24) is 0 Å². The Balaban J connectivity index is 0.000000390. The van der Waals surface area contributed by atoms with Gasteiger partial charge in [0.25, 0.3) is 0 Å². The van der Waals surface area contributed by atoms with Crippen molar-refractivity contribution in [3.63, 3.8) is 0 Å². The molecule has 0 N–H and O–H groups in total. The molecule has 3 aromatic rings. The third kappa shape index (κ3) is 9.01. The molecular formula is C22H22Cl3F3. The zero-order valence-electron chi connectivity index (χ0n) is 15.0. The van der Waals surface area contributed by atoms with Crippen molar-refractivity contribution < 1.29 is 13.2 Å². The normalized spacial score (nSPS) is 9.32. The molecule has 0 heterocycles. The molecule has 6 heteroatoms. The second-order valence-electron chi connectivity index (χ2n) is 5.74. The minimum Gasteiger partial charge on any atom is -0.204 e. The lowest BCUT2D eigenvalue weighted by molar-refractivity contribution is 0.446. The van der Waals surface area contributed by atoms with Crippen LogP contribution in [0.15, 0.2) is 54.6 Å². The second-order valence-corrected chi connectivity index (χ2v) is 6.93. The first kappa shape index (κ1) is 26.3. The van der Waals surface area contributed by atoms with Crippen molar-refractivity contribution in [2.24, 2.45) is 0 Å². The van der Waals surface area contributed by atoms with E-state index in [1.54, 1.807) is 12.1 Å². The zero-order valence-corrected chi connectivity index (χ0v) is 17.2. The van der Waals surface area contributed by atoms with Crippen LogP contribution < -0.4 is 0 Å². The van der Waals surface area contributed by atoms with Crippen LogP contribution in [0.3, 0.4) is 0 Å². The fraction of sp³-hybridized carbons (Fsp3) is 0.182. The van der Waals surface area contributed by atoms with E-state index < -0.39 is 17.5 Å². The molecule has 0 unspecified atom stereocenters. The molecule has 0 saturated carbocycles. The van der Waals surface area contributed by atoms with Crippen molar-refractivity contribution in [1.29, 1.82) is 0 Å². The van der Waals surface area contributed by atoms with Crippen LogP contribution in [-0.2, 0) is 0 Å². The standard InChI is InChI=1S/C7H5Cl3.C7H5F3.C7H8.CH4/c2*1-4-2-5(8)7(10)6(9)3-4;1-7-5-3-2-4-6-7;/h2*2-3H,1H3;2-6H,1H3;1H4. The van der Waals surface area contributed by atoms with Crippen molar-refractivity contribution in [2.75, 3.05) is 0 Å². The smallest absolute Gasteiger partial charge is 0.194 e. The van der Waals surface area contributed by atoms with Crippen molar-refractivity contribution >= 4 is 34.8 Å². The summed E-state index contributed by atoms with van der Waals surface area (Å²) in [5.74, 6) is -3.69. The first-order valence-corrected chi connectivity index (χ1v) is 8.99. The number of rotatable bonds is 0. The number of hydrogen-bond acceptors (Lipinski definition) is 0. The van der Waals surface area contributed by atoms with Crippen LogP contribution >= 0.6 is 34.8 Å². The SMILES string of the molecule is C.Cc1cc(Cl)c(Cl)c(Cl)c1.Cc1cc(F)c(F)c(F)c1.Cc1ccccc1. The van der Waals surface area contributed by atoms with E-state index in [0.717, 1.165) is 17.7 Å². The summed E-state index contributed by atoms with van der Waals surface area (Å²) in [5, 5.41) is 1.44. The van der Waals surface area contributed by atoms with Gasteiger partial charge in [-0.1, -0.05) is 78.1 Å². The number of halogens is 6. The average molecular weight is 450 g/mol. The van der Waals surface area contributed by atoms with Crippen LogP contribution in [0.5, 0.6) is 0 Å². The molecule has 0 aromatic heterocycles. The Morgan fingerprint density at radius 1 is 0.607 bits per heavy atom. The third-order valence-corrected chi connectivity index (χ3v) is 4.39. The van der Waals surface area contributed by atoms with Crippen LogP contribution in [-0.4, -0.2) is 0 Å². The molecule has 0 atom stereocenters. The van der Waals surface area contributed by atoms with Crippen LogP contribution in [0.2, 0.25) is 15.1 Å². The molecule has 0 aliphatic heterocycles. The highest BCUT2D eigenvalue weighted by Gasteiger charge is 2.07. The largest absolute Gasteiger partial charge is 0.204 e. The number of aryl methyl sites for hydroxylation is 3. The fourth-order valence-corrected chi connectivity index (χ4v) is 2.60. The van der Waals surface area contributed by atoms with Crippen LogP contribution in [0.25, 0.3) is 0 Å². The van der Waals surface area contributed by atoms with E-state index in [1.807, 2.05) is 25.1 Å². The molecule has 0 amide bonds. The summed E-state index contributed by atoms with van der Waals surface area (Å²) in [7, 11) is 0. The molecule has 0 fully saturated rings. The Kier molecular flexibility index (Phi) is 12.0. The van der Waals surface area contributed by atoms with Gasteiger partial charge in [0.15, 0.2) is 17.5 Å². The van der Waals surface area contributed by atoms with Gasteiger partial charge in [-0.3, -0.25) is 0 Å². The van der Waals surface area contributed by atoms with Gasteiger partial charge in [0.05, 0.1) is 15.1 Å². The third-order valence-electron chi connectivity index (χ3n) is 3.20. The molecule has 0 bridgehead atoms. The molecule has 28 heavy (non-hydrogen) atoms. The highest BCUT2D eigenvalue weighted by Crippen LogP contribution is 2.30. The number of hydrogen-bond donors (Lipinski definition) is 0. The zero-order chi connectivity index (χ0) is 20.6. The minimum absolute atomic E-state index is 0. The maximum Gasteiger partial charge on any atom is 0.194 e. The fourth-order valence-electron chi connectivity index (χ4n) is 1.90. The Morgan fingerprint density at radius 2 is 1.00 bits per heavy atom. The van der Waals surface area contributed by atoms with Crippen molar-refractivity contribution in [2.45, 2.75) is 28.2 Å². The highest BCUT2D eigenvalue weighted by atomic mass is 35.5. The lowest BCUT2D eigenvalue weighted by Gasteiger charge is -1.99. The molecule has 152 valence electrons. The van der Waals surface area contributed by atoms with E-state index in [-0.39, 0.29) is 7.43 Å². The predicted molar refractivity (Wildman–Crippen MR) is 115 cm³/mol. The summed E-state index contributed by atoms with van der Waals surface area (Å²) < 4.78 is 36.6. The van der Waals surface area contributed by atoms with E-state index in [4.69, 9.17) is 34.8 Å². The first-order chi connectivity index (χ1) is 12.6. The summed E-state index contributed by atoms with van der Waals surface area (Å²) in [6.45, 7) is 5.49. The molecule has 0 saturated heterocycles. The van der Waals surface area contributed by atoms with Crippen LogP contribution in [0.4, 0.5) is 13.2 Å². The van der Waals surface area contributed by atoms with E-state index in [2.05, 4.69) is 19.1 Å². The van der Waals surface area contributed by atoms with E-state index in [0.29, 0.717) is 20.6 Å². The van der Waals surface area contributed by atoms with Gasteiger partial charge in [0, 0.05) is 0 Å². The summed E-state index contributed by atoms with van der Waals surface area (Å²) in [6.07, 6.45) is 0. The van der Waals surface area contributed by atoms with E-state index >= 15 is 0 Å². The maximum absolute atomic E-state index is 12.2. The van der Waals surface area contributed by atoms with E-state index in [9.17, 15) is 13.2 Å². The Morgan fingerprint density at radius 3 is 1.36 bits per heavy atom. The van der Waals surface area contributed by atoms with Crippen molar-refractivity contribution in [3.8, 4) is 0 Å². The summed E-state index contributed by atoms with van der Waals surface area (Å²) in [5.41, 5.74) is 2.71. The van der Waals surface area contributed by atoms with Gasteiger partial charge in [0.1, 0.15) is 0 Å². The Hall–Kier alpha value is -1.68.